The first-order valence-corrected chi connectivity index (χ1v) is 13.1. The monoisotopic (exact) mass is 529 g/mol. The molecule has 1 aliphatic rings. The van der Waals surface area contributed by atoms with Crippen LogP contribution in [0.3, 0.4) is 0 Å². The lowest BCUT2D eigenvalue weighted by atomic mass is 9.93. The minimum Gasteiger partial charge on any atom is -0.507 e. The van der Waals surface area contributed by atoms with Gasteiger partial charge in [-0.05, 0) is 59.4 Å². The number of likely N-dealkylation sites (tertiary alicyclic amines) is 1. The number of aliphatic hydroxyl groups excluding tert-OH is 1. The molecule has 1 heterocycles. The Morgan fingerprint density at radius 2 is 1.74 bits per heavy atom. The van der Waals surface area contributed by atoms with E-state index in [2.05, 4.69) is 0 Å². The van der Waals surface area contributed by atoms with Crippen LogP contribution in [0.5, 0.6) is 11.5 Å². The average Bonchev–Trinajstić information content (AvgIpc) is 3.21. The first-order chi connectivity index (χ1) is 18.8. The number of Topliss-reactive ketones (excluding diaryl/α,β-unsaturated/α-hetero) is 1. The summed E-state index contributed by atoms with van der Waals surface area (Å²) in [6.07, 6.45) is 0.546. The van der Waals surface area contributed by atoms with Gasteiger partial charge >= 0.3 is 0 Å². The standard InChI is InChI=1S/C32H35NO6/c1-21(2)26-19-24(14-15-27(26)38-4)30(34)28-29(33(16-9-17-37-3)32(36)31(28)35)23-12-8-13-25(18-23)39-20-22-10-6-5-7-11-22/h5-8,10-15,18-19,21,29,34H,9,16-17,20H2,1-4H3/b30-28+. The molecule has 1 N–H and O–H groups in total. The number of nitrogens with zero attached hydrogens (tertiary/aromatic N) is 1. The maximum absolute atomic E-state index is 13.4. The lowest BCUT2D eigenvalue weighted by Crippen LogP contribution is -2.31. The quantitative estimate of drug-likeness (QED) is 0.145. The van der Waals surface area contributed by atoms with E-state index in [1.54, 1.807) is 26.4 Å². The zero-order chi connectivity index (χ0) is 27.9. The molecule has 4 rings (SSSR count). The summed E-state index contributed by atoms with van der Waals surface area (Å²) in [4.78, 5) is 28.1. The van der Waals surface area contributed by atoms with Crippen LogP contribution in [-0.2, 0) is 20.9 Å². The molecule has 0 saturated carbocycles. The van der Waals surface area contributed by atoms with Crippen LogP contribution >= 0.6 is 0 Å². The van der Waals surface area contributed by atoms with E-state index in [9.17, 15) is 14.7 Å². The van der Waals surface area contributed by atoms with E-state index in [-0.39, 0.29) is 17.3 Å². The lowest BCUT2D eigenvalue weighted by Gasteiger charge is -2.25. The molecular weight excluding hydrogens is 494 g/mol. The third kappa shape index (κ3) is 6.15. The molecule has 3 aromatic carbocycles. The highest BCUT2D eigenvalue weighted by molar-refractivity contribution is 6.46. The summed E-state index contributed by atoms with van der Waals surface area (Å²) < 4.78 is 16.7. The van der Waals surface area contributed by atoms with Crippen molar-refractivity contribution < 1.29 is 28.9 Å². The average molecular weight is 530 g/mol. The Balaban J connectivity index is 1.77. The summed E-state index contributed by atoms with van der Waals surface area (Å²) in [6, 6.07) is 21.7. The van der Waals surface area contributed by atoms with Gasteiger partial charge in [-0.1, -0.05) is 56.3 Å². The van der Waals surface area contributed by atoms with Gasteiger partial charge in [0.1, 0.15) is 23.9 Å². The lowest BCUT2D eigenvalue weighted by molar-refractivity contribution is -0.140. The number of methoxy groups -OCH3 is 2. The van der Waals surface area contributed by atoms with E-state index in [0.29, 0.717) is 48.8 Å². The second-order valence-electron chi connectivity index (χ2n) is 9.80. The number of benzene rings is 3. The number of hydrogen-bond donors (Lipinski definition) is 1. The van der Waals surface area contributed by atoms with Gasteiger partial charge in [0.2, 0.25) is 0 Å². The minimum atomic E-state index is -0.772. The topological polar surface area (TPSA) is 85.3 Å². The smallest absolute Gasteiger partial charge is 0.295 e. The Kier molecular flexibility index (Phi) is 9.04. The summed E-state index contributed by atoms with van der Waals surface area (Å²) in [5, 5.41) is 11.5. The van der Waals surface area contributed by atoms with Crippen LogP contribution in [0.15, 0.2) is 78.4 Å². The number of carbonyl (C=O) groups is 2. The Morgan fingerprint density at radius 3 is 2.44 bits per heavy atom. The number of carbonyl (C=O) groups excluding carboxylic acids is 2. The number of rotatable bonds is 11. The number of ketones is 1. The van der Waals surface area contributed by atoms with Crippen LogP contribution in [0.4, 0.5) is 0 Å². The maximum atomic E-state index is 13.4. The molecule has 0 spiro atoms. The van der Waals surface area contributed by atoms with Crippen LogP contribution < -0.4 is 9.47 Å². The number of amides is 1. The molecule has 1 aliphatic heterocycles. The molecule has 1 atom stereocenters. The molecule has 7 nitrogen and oxygen atoms in total. The molecule has 204 valence electrons. The summed E-state index contributed by atoms with van der Waals surface area (Å²) in [7, 11) is 3.19. The van der Waals surface area contributed by atoms with Gasteiger partial charge in [0, 0.05) is 25.8 Å². The van der Waals surface area contributed by atoms with Crippen LogP contribution in [0, 0.1) is 0 Å². The van der Waals surface area contributed by atoms with Crippen molar-refractivity contribution in [2.75, 3.05) is 27.4 Å². The SMILES string of the molecule is COCCCN1C(=O)C(=O)/C(=C(/O)c2ccc(OC)c(C(C)C)c2)C1c1cccc(OCc2ccccc2)c1. The Morgan fingerprint density at radius 1 is 0.974 bits per heavy atom. The van der Waals surface area contributed by atoms with Gasteiger partial charge < -0.3 is 24.2 Å². The van der Waals surface area contributed by atoms with Gasteiger partial charge in [-0.25, -0.2) is 0 Å². The van der Waals surface area contributed by atoms with Gasteiger partial charge in [-0.15, -0.1) is 0 Å². The zero-order valence-electron chi connectivity index (χ0n) is 22.8. The molecule has 0 aromatic heterocycles. The highest BCUT2D eigenvalue weighted by Crippen LogP contribution is 2.41. The van der Waals surface area contributed by atoms with E-state index in [4.69, 9.17) is 14.2 Å². The maximum Gasteiger partial charge on any atom is 0.295 e. The van der Waals surface area contributed by atoms with Gasteiger partial charge in [0.25, 0.3) is 11.7 Å². The van der Waals surface area contributed by atoms with Crippen molar-refractivity contribution in [3.8, 4) is 11.5 Å². The summed E-state index contributed by atoms with van der Waals surface area (Å²) in [5.41, 5.74) is 3.10. The minimum absolute atomic E-state index is 0.0532. The first kappa shape index (κ1) is 27.9. The van der Waals surface area contributed by atoms with Crippen LogP contribution in [-0.4, -0.2) is 49.1 Å². The third-order valence-electron chi connectivity index (χ3n) is 6.83. The van der Waals surface area contributed by atoms with Crippen molar-refractivity contribution in [1.82, 2.24) is 4.90 Å². The normalized spacial score (nSPS) is 16.6. The van der Waals surface area contributed by atoms with Crippen molar-refractivity contribution in [3.05, 3.63) is 101 Å². The zero-order valence-corrected chi connectivity index (χ0v) is 22.8. The molecule has 0 aliphatic carbocycles. The molecule has 0 radical (unpaired) electrons. The second kappa shape index (κ2) is 12.6. The van der Waals surface area contributed by atoms with Gasteiger partial charge in [-0.3, -0.25) is 9.59 Å². The molecule has 3 aromatic rings. The third-order valence-corrected chi connectivity index (χ3v) is 6.83. The molecule has 7 heteroatoms. The molecular formula is C32H35NO6. The largest absolute Gasteiger partial charge is 0.507 e. The van der Waals surface area contributed by atoms with Crippen LogP contribution in [0.25, 0.3) is 5.76 Å². The highest BCUT2D eigenvalue weighted by Gasteiger charge is 2.46. The fraction of sp³-hybridized carbons (Fsp3) is 0.312. The van der Waals surface area contributed by atoms with Crippen molar-refractivity contribution in [3.63, 3.8) is 0 Å². The summed E-state index contributed by atoms with van der Waals surface area (Å²) >= 11 is 0. The van der Waals surface area contributed by atoms with E-state index in [1.807, 2.05) is 74.5 Å². The predicted octanol–water partition coefficient (Wildman–Crippen LogP) is 5.86. The van der Waals surface area contributed by atoms with E-state index in [0.717, 1.165) is 11.1 Å². The van der Waals surface area contributed by atoms with Crippen LogP contribution in [0.2, 0.25) is 0 Å². The highest BCUT2D eigenvalue weighted by atomic mass is 16.5. The molecule has 1 amide bonds. The Bertz CT molecular complexity index is 1350. The predicted molar refractivity (Wildman–Crippen MR) is 150 cm³/mol. The van der Waals surface area contributed by atoms with E-state index in [1.165, 1.54) is 4.90 Å². The molecule has 39 heavy (non-hydrogen) atoms. The van der Waals surface area contributed by atoms with Crippen molar-refractivity contribution >= 4 is 17.4 Å². The number of hydrogen-bond acceptors (Lipinski definition) is 6. The van der Waals surface area contributed by atoms with E-state index >= 15 is 0 Å². The fourth-order valence-electron chi connectivity index (χ4n) is 4.84. The number of aliphatic hydroxyl groups is 1. The van der Waals surface area contributed by atoms with Crippen molar-refractivity contribution in [1.29, 1.82) is 0 Å². The fourth-order valence-corrected chi connectivity index (χ4v) is 4.84. The van der Waals surface area contributed by atoms with Gasteiger partial charge in [0.15, 0.2) is 0 Å². The Labute approximate surface area is 229 Å². The van der Waals surface area contributed by atoms with E-state index < -0.39 is 17.7 Å². The van der Waals surface area contributed by atoms with Crippen molar-refractivity contribution in [2.24, 2.45) is 0 Å². The summed E-state index contributed by atoms with van der Waals surface area (Å²) in [5.74, 6) is -0.156. The molecule has 0 bridgehead atoms. The van der Waals surface area contributed by atoms with Gasteiger partial charge in [-0.2, -0.15) is 0 Å². The first-order valence-electron chi connectivity index (χ1n) is 13.1. The number of ether oxygens (including phenoxy) is 3. The van der Waals surface area contributed by atoms with Crippen molar-refractivity contribution in [2.45, 2.75) is 38.8 Å². The Hall–Kier alpha value is -4.10. The molecule has 1 fully saturated rings. The molecule has 1 unspecified atom stereocenters. The van der Waals surface area contributed by atoms with Gasteiger partial charge in [0.05, 0.1) is 18.7 Å². The summed E-state index contributed by atoms with van der Waals surface area (Å²) in [6.45, 7) is 5.16. The van der Waals surface area contributed by atoms with Crippen LogP contribution in [0.1, 0.15) is 54.5 Å². The second-order valence-corrected chi connectivity index (χ2v) is 9.80. The molecule has 1 saturated heterocycles.